The third-order valence-corrected chi connectivity index (χ3v) is 4.44. The molecule has 0 amide bonds. The Balaban J connectivity index is 1.35. The molecular weight excluding hydrogens is 304 g/mol. The van der Waals surface area contributed by atoms with Crippen LogP contribution < -0.4 is 14.8 Å². The van der Waals surface area contributed by atoms with E-state index in [1.807, 2.05) is 19.1 Å². The number of fused-ring (bicyclic) bond motifs is 1. The molecule has 0 saturated carbocycles. The first-order valence-electron chi connectivity index (χ1n) is 8.42. The van der Waals surface area contributed by atoms with Gasteiger partial charge in [0.2, 0.25) is 0 Å². The molecule has 4 rings (SSSR count). The first kappa shape index (κ1) is 15.2. The van der Waals surface area contributed by atoms with Gasteiger partial charge in [-0.25, -0.2) is 9.97 Å². The van der Waals surface area contributed by atoms with E-state index in [-0.39, 0.29) is 0 Å². The first-order valence-corrected chi connectivity index (χ1v) is 8.42. The van der Waals surface area contributed by atoms with E-state index >= 15 is 0 Å². The highest BCUT2D eigenvalue weighted by molar-refractivity contribution is 5.44. The van der Waals surface area contributed by atoms with Crippen molar-refractivity contribution in [3.05, 3.63) is 41.9 Å². The fourth-order valence-corrected chi connectivity index (χ4v) is 3.28. The molecule has 6 heteroatoms. The Kier molecular flexibility index (Phi) is 4.21. The molecule has 1 atom stereocenters. The van der Waals surface area contributed by atoms with Gasteiger partial charge in [-0.1, -0.05) is 6.07 Å². The molecule has 3 heterocycles. The van der Waals surface area contributed by atoms with Crippen LogP contribution in [-0.4, -0.2) is 47.2 Å². The minimum Gasteiger partial charge on any atom is -0.486 e. The lowest BCUT2D eigenvalue weighted by molar-refractivity contribution is 0.171. The van der Waals surface area contributed by atoms with E-state index in [0.717, 1.165) is 49.1 Å². The topological polar surface area (TPSA) is 59.5 Å². The highest BCUT2D eigenvalue weighted by Crippen LogP contribution is 2.31. The van der Waals surface area contributed by atoms with Gasteiger partial charge in [-0.05, 0) is 31.0 Å². The van der Waals surface area contributed by atoms with Crippen LogP contribution in [0, 0.1) is 6.92 Å². The predicted molar refractivity (Wildman–Crippen MR) is 91.5 cm³/mol. The van der Waals surface area contributed by atoms with Crippen molar-refractivity contribution in [1.29, 1.82) is 0 Å². The number of benzene rings is 1. The van der Waals surface area contributed by atoms with E-state index in [4.69, 9.17) is 9.47 Å². The summed E-state index contributed by atoms with van der Waals surface area (Å²) in [7, 11) is 0. The summed E-state index contributed by atoms with van der Waals surface area (Å²) in [5.41, 5.74) is 2.25. The number of nitrogens with zero attached hydrogens (tertiary/aromatic N) is 3. The Bertz CT molecular complexity index is 722. The zero-order chi connectivity index (χ0) is 16.4. The summed E-state index contributed by atoms with van der Waals surface area (Å²) in [6.45, 7) is 6.26. The average molecular weight is 326 g/mol. The number of nitrogens with one attached hydrogen (secondary N) is 1. The van der Waals surface area contributed by atoms with Crippen LogP contribution in [0.1, 0.15) is 17.7 Å². The predicted octanol–water partition coefficient (Wildman–Crippen LogP) is 2.24. The molecule has 2 aliphatic rings. The van der Waals surface area contributed by atoms with Crippen molar-refractivity contribution >= 4 is 5.82 Å². The molecule has 1 aromatic heterocycles. The van der Waals surface area contributed by atoms with Gasteiger partial charge in [0, 0.05) is 37.4 Å². The molecule has 0 aliphatic carbocycles. The minimum atomic E-state index is 0.427. The summed E-state index contributed by atoms with van der Waals surface area (Å²) in [4.78, 5) is 10.9. The molecule has 1 saturated heterocycles. The van der Waals surface area contributed by atoms with Crippen molar-refractivity contribution in [2.24, 2.45) is 0 Å². The van der Waals surface area contributed by atoms with Gasteiger partial charge in [0.05, 0.1) is 0 Å². The highest BCUT2D eigenvalue weighted by atomic mass is 16.6. The molecule has 24 heavy (non-hydrogen) atoms. The molecule has 1 unspecified atom stereocenters. The zero-order valence-electron chi connectivity index (χ0n) is 13.9. The maximum atomic E-state index is 5.67. The van der Waals surface area contributed by atoms with Crippen molar-refractivity contribution in [2.45, 2.75) is 25.9 Å². The number of rotatable bonds is 4. The van der Waals surface area contributed by atoms with Gasteiger partial charge in [0.25, 0.3) is 0 Å². The molecule has 6 nitrogen and oxygen atoms in total. The second kappa shape index (κ2) is 6.65. The second-order valence-corrected chi connectivity index (χ2v) is 6.39. The Morgan fingerprint density at radius 2 is 2.04 bits per heavy atom. The van der Waals surface area contributed by atoms with Gasteiger partial charge >= 0.3 is 0 Å². The first-order chi connectivity index (χ1) is 11.8. The molecule has 126 valence electrons. The molecule has 1 N–H and O–H groups in total. The van der Waals surface area contributed by atoms with Crippen molar-refractivity contribution in [2.75, 3.05) is 31.6 Å². The van der Waals surface area contributed by atoms with Crippen LogP contribution in [0.5, 0.6) is 11.5 Å². The maximum Gasteiger partial charge on any atom is 0.161 e. The number of hydrogen-bond acceptors (Lipinski definition) is 6. The molecule has 1 fully saturated rings. The van der Waals surface area contributed by atoms with Crippen LogP contribution in [-0.2, 0) is 6.54 Å². The van der Waals surface area contributed by atoms with Crippen molar-refractivity contribution in [3.63, 3.8) is 0 Å². The third-order valence-electron chi connectivity index (χ3n) is 4.44. The summed E-state index contributed by atoms with van der Waals surface area (Å²) in [5.74, 6) is 2.63. The second-order valence-electron chi connectivity index (χ2n) is 6.39. The van der Waals surface area contributed by atoms with Gasteiger partial charge in [-0.3, -0.25) is 4.90 Å². The number of aryl methyl sites for hydroxylation is 1. The minimum absolute atomic E-state index is 0.427. The van der Waals surface area contributed by atoms with E-state index in [2.05, 4.69) is 32.3 Å². The molecular formula is C18H22N4O2. The summed E-state index contributed by atoms with van der Waals surface area (Å²) in [5, 5.41) is 3.51. The number of hydrogen-bond donors (Lipinski definition) is 1. The fourth-order valence-electron chi connectivity index (χ4n) is 3.28. The largest absolute Gasteiger partial charge is 0.486 e. The van der Waals surface area contributed by atoms with E-state index < -0.39 is 0 Å². The monoisotopic (exact) mass is 326 g/mol. The Morgan fingerprint density at radius 3 is 2.92 bits per heavy atom. The standard InChI is InChI=1S/C18H22N4O2/c1-13-8-18(20-12-19-13)21-15-4-5-22(11-15)10-14-2-3-16-17(9-14)24-7-6-23-16/h2-3,8-9,12,15H,4-7,10-11H2,1H3,(H,19,20,21). The molecule has 0 spiro atoms. The summed E-state index contributed by atoms with van der Waals surface area (Å²) < 4.78 is 11.3. The van der Waals surface area contributed by atoms with Gasteiger partial charge < -0.3 is 14.8 Å². The Hall–Kier alpha value is -2.34. The third kappa shape index (κ3) is 3.43. The number of likely N-dealkylation sites (tertiary alicyclic amines) is 1. The van der Waals surface area contributed by atoms with E-state index in [1.54, 1.807) is 6.33 Å². The molecule has 2 aromatic rings. The van der Waals surface area contributed by atoms with Crippen molar-refractivity contribution < 1.29 is 9.47 Å². The summed E-state index contributed by atoms with van der Waals surface area (Å²) in [6, 6.07) is 8.66. The lowest BCUT2D eigenvalue weighted by atomic mass is 10.2. The number of anilines is 1. The zero-order valence-corrected chi connectivity index (χ0v) is 13.9. The summed E-state index contributed by atoms with van der Waals surface area (Å²) in [6.07, 6.45) is 2.73. The number of ether oxygens (including phenoxy) is 2. The van der Waals surface area contributed by atoms with Gasteiger partial charge in [0.15, 0.2) is 11.5 Å². The van der Waals surface area contributed by atoms with Gasteiger partial charge in [-0.2, -0.15) is 0 Å². The molecule has 1 aromatic carbocycles. The van der Waals surface area contributed by atoms with E-state index in [9.17, 15) is 0 Å². The van der Waals surface area contributed by atoms with Gasteiger partial charge in [0.1, 0.15) is 25.4 Å². The van der Waals surface area contributed by atoms with Crippen LogP contribution in [0.4, 0.5) is 5.82 Å². The van der Waals surface area contributed by atoms with Crippen LogP contribution in [0.15, 0.2) is 30.6 Å². The SMILES string of the molecule is Cc1cc(NC2CCN(Cc3ccc4c(c3)OCCO4)C2)ncn1. The number of aromatic nitrogens is 2. The lowest BCUT2D eigenvalue weighted by Gasteiger charge is -2.21. The van der Waals surface area contributed by atoms with Crippen LogP contribution in [0.25, 0.3) is 0 Å². The quantitative estimate of drug-likeness (QED) is 0.930. The van der Waals surface area contributed by atoms with E-state index in [0.29, 0.717) is 19.3 Å². The smallest absolute Gasteiger partial charge is 0.161 e. The van der Waals surface area contributed by atoms with Crippen LogP contribution in [0.3, 0.4) is 0 Å². The fraction of sp³-hybridized carbons (Fsp3) is 0.444. The van der Waals surface area contributed by atoms with Crippen LogP contribution in [0.2, 0.25) is 0 Å². The Labute approximate surface area is 141 Å². The maximum absolute atomic E-state index is 5.67. The highest BCUT2D eigenvalue weighted by Gasteiger charge is 2.23. The average Bonchev–Trinajstić information content (AvgIpc) is 3.02. The van der Waals surface area contributed by atoms with Crippen molar-refractivity contribution in [3.8, 4) is 11.5 Å². The summed E-state index contributed by atoms with van der Waals surface area (Å²) >= 11 is 0. The van der Waals surface area contributed by atoms with E-state index in [1.165, 1.54) is 5.56 Å². The molecule has 0 bridgehead atoms. The Morgan fingerprint density at radius 1 is 1.17 bits per heavy atom. The molecule has 2 aliphatic heterocycles. The van der Waals surface area contributed by atoms with Gasteiger partial charge in [-0.15, -0.1) is 0 Å². The normalized spacial score (nSPS) is 20.1. The van der Waals surface area contributed by atoms with Crippen molar-refractivity contribution in [1.82, 2.24) is 14.9 Å². The molecule has 0 radical (unpaired) electrons. The lowest BCUT2D eigenvalue weighted by Crippen LogP contribution is -2.26. The van der Waals surface area contributed by atoms with Crippen LogP contribution >= 0.6 is 0 Å².